The fourth-order valence-corrected chi connectivity index (χ4v) is 3.79. The van der Waals surface area contributed by atoms with Gasteiger partial charge < -0.3 is 15.4 Å². The van der Waals surface area contributed by atoms with Gasteiger partial charge in [0, 0.05) is 19.6 Å². The molecule has 0 bridgehead atoms. The Morgan fingerprint density at radius 1 is 1.48 bits per heavy atom. The molecule has 0 saturated carbocycles. The van der Waals surface area contributed by atoms with Gasteiger partial charge in [0.1, 0.15) is 4.21 Å². The summed E-state index contributed by atoms with van der Waals surface area (Å²) in [7, 11) is -3.41. The maximum atomic E-state index is 11.8. The summed E-state index contributed by atoms with van der Waals surface area (Å²) in [5, 5.41) is 1.73. The third-order valence-electron chi connectivity index (χ3n) is 2.77. The standard InChI is InChI=1S/C11H18N4O3S2.HI/c12-11(15-5-7-18-8-6-15)13-3-4-14-20(16,17)10-2-1-9-19-10;/h1-2,9,14H,3-8H2,(H2,12,13);1H. The highest BCUT2D eigenvalue weighted by molar-refractivity contribution is 14.0. The van der Waals surface area contributed by atoms with Crippen LogP contribution in [0.15, 0.2) is 26.7 Å². The summed E-state index contributed by atoms with van der Waals surface area (Å²) in [5.74, 6) is 0.434. The summed E-state index contributed by atoms with van der Waals surface area (Å²) in [6.45, 7) is 3.26. The minimum Gasteiger partial charge on any atom is -0.378 e. The molecule has 1 aliphatic rings. The van der Waals surface area contributed by atoms with E-state index in [1.165, 1.54) is 11.3 Å². The van der Waals surface area contributed by atoms with Crippen LogP contribution >= 0.6 is 35.3 Å². The first-order valence-electron chi connectivity index (χ1n) is 6.25. The van der Waals surface area contributed by atoms with Crippen LogP contribution in [0.1, 0.15) is 0 Å². The Labute approximate surface area is 145 Å². The van der Waals surface area contributed by atoms with E-state index in [0.29, 0.717) is 29.9 Å². The van der Waals surface area contributed by atoms with Crippen LogP contribution in [0.4, 0.5) is 0 Å². The van der Waals surface area contributed by atoms with Crippen LogP contribution in [-0.4, -0.2) is 58.7 Å². The molecule has 1 fully saturated rings. The number of sulfonamides is 1. The Morgan fingerprint density at radius 2 is 2.19 bits per heavy atom. The third-order valence-corrected chi connectivity index (χ3v) is 5.63. The van der Waals surface area contributed by atoms with Crippen LogP contribution < -0.4 is 10.5 Å². The summed E-state index contributed by atoms with van der Waals surface area (Å²) >= 11 is 1.18. The number of hydrogen-bond acceptors (Lipinski definition) is 5. The summed E-state index contributed by atoms with van der Waals surface area (Å²) in [5.41, 5.74) is 5.84. The molecule has 7 nitrogen and oxygen atoms in total. The van der Waals surface area contributed by atoms with Crippen LogP contribution in [0.25, 0.3) is 0 Å². The number of thiophene rings is 1. The largest absolute Gasteiger partial charge is 0.378 e. The lowest BCUT2D eigenvalue weighted by molar-refractivity contribution is 0.0674. The molecule has 2 rings (SSSR count). The first-order valence-corrected chi connectivity index (χ1v) is 8.62. The molecular formula is C11H19IN4O3S2. The molecule has 3 N–H and O–H groups in total. The van der Waals surface area contributed by atoms with Crippen LogP contribution in [0.3, 0.4) is 0 Å². The second kappa shape index (κ2) is 8.88. The first-order chi connectivity index (χ1) is 9.59. The molecule has 1 aromatic heterocycles. The predicted molar refractivity (Wildman–Crippen MR) is 93.8 cm³/mol. The lowest BCUT2D eigenvalue weighted by Crippen LogP contribution is -2.45. The molecule has 0 aliphatic carbocycles. The molecule has 1 aromatic rings. The second-order valence-electron chi connectivity index (χ2n) is 4.17. The summed E-state index contributed by atoms with van der Waals surface area (Å²) < 4.78 is 31.7. The van der Waals surface area contributed by atoms with Crippen molar-refractivity contribution in [2.75, 3.05) is 39.4 Å². The summed E-state index contributed by atoms with van der Waals surface area (Å²) in [6.07, 6.45) is 0. The van der Waals surface area contributed by atoms with Gasteiger partial charge in [-0.05, 0) is 11.4 Å². The SMILES string of the molecule is I.NC(=NCCNS(=O)(=O)c1cccs1)N1CCOCC1. The average Bonchev–Trinajstić information content (AvgIpc) is 2.99. The molecule has 1 saturated heterocycles. The Morgan fingerprint density at radius 3 is 2.81 bits per heavy atom. The van der Waals surface area contributed by atoms with Gasteiger partial charge in [0.2, 0.25) is 10.0 Å². The number of hydrogen-bond donors (Lipinski definition) is 2. The molecule has 1 aliphatic heterocycles. The maximum Gasteiger partial charge on any atom is 0.250 e. The molecule has 0 spiro atoms. The van der Waals surface area contributed by atoms with Gasteiger partial charge in [-0.2, -0.15) is 0 Å². The van der Waals surface area contributed by atoms with E-state index >= 15 is 0 Å². The van der Waals surface area contributed by atoms with Crippen molar-refractivity contribution in [3.8, 4) is 0 Å². The van der Waals surface area contributed by atoms with E-state index in [-0.39, 0.29) is 30.5 Å². The van der Waals surface area contributed by atoms with Crippen molar-refractivity contribution >= 4 is 51.3 Å². The first kappa shape index (κ1) is 18.6. The molecule has 0 amide bonds. The number of aliphatic imine (C=N–C) groups is 1. The Kier molecular flexibility index (Phi) is 7.87. The molecule has 0 radical (unpaired) electrons. The molecule has 10 heteroatoms. The predicted octanol–water partition coefficient (Wildman–Crippen LogP) is 0.291. The zero-order valence-electron chi connectivity index (χ0n) is 11.4. The van der Waals surface area contributed by atoms with E-state index < -0.39 is 10.0 Å². The number of halogens is 1. The van der Waals surface area contributed by atoms with Crippen LogP contribution in [0.2, 0.25) is 0 Å². The quantitative estimate of drug-likeness (QED) is 0.294. The second-order valence-corrected chi connectivity index (χ2v) is 7.11. The minimum absolute atomic E-state index is 0. The molecule has 0 unspecified atom stereocenters. The van der Waals surface area contributed by atoms with Gasteiger partial charge in [-0.25, -0.2) is 13.1 Å². The number of nitrogens with two attached hydrogens (primary N) is 1. The van der Waals surface area contributed by atoms with Crippen molar-refractivity contribution in [3.05, 3.63) is 17.5 Å². The number of morpholine rings is 1. The number of ether oxygens (including phenoxy) is 1. The highest BCUT2D eigenvalue weighted by atomic mass is 127. The van der Waals surface area contributed by atoms with Crippen molar-refractivity contribution in [1.29, 1.82) is 0 Å². The topological polar surface area (TPSA) is 97.0 Å². The number of rotatable bonds is 5. The highest BCUT2D eigenvalue weighted by Crippen LogP contribution is 2.14. The molecule has 0 atom stereocenters. The fraction of sp³-hybridized carbons (Fsp3) is 0.545. The molecule has 2 heterocycles. The third kappa shape index (κ3) is 5.70. The van der Waals surface area contributed by atoms with Crippen molar-refractivity contribution in [3.63, 3.8) is 0 Å². The van der Waals surface area contributed by atoms with Crippen molar-refractivity contribution < 1.29 is 13.2 Å². The van der Waals surface area contributed by atoms with Gasteiger partial charge in [0.25, 0.3) is 0 Å². The van der Waals surface area contributed by atoms with Gasteiger partial charge in [0.05, 0.1) is 19.8 Å². The number of guanidine groups is 1. The summed E-state index contributed by atoms with van der Waals surface area (Å²) in [6, 6.07) is 3.27. The molecule has 0 aromatic carbocycles. The van der Waals surface area contributed by atoms with Gasteiger partial charge >= 0.3 is 0 Å². The van der Waals surface area contributed by atoms with Crippen LogP contribution in [-0.2, 0) is 14.8 Å². The van der Waals surface area contributed by atoms with Crippen LogP contribution in [0, 0.1) is 0 Å². The Bertz CT molecular complexity index is 542. The lowest BCUT2D eigenvalue weighted by Gasteiger charge is -2.27. The van der Waals surface area contributed by atoms with Gasteiger partial charge in [-0.3, -0.25) is 4.99 Å². The Hall–Kier alpha value is -0.430. The molecule has 21 heavy (non-hydrogen) atoms. The van der Waals surface area contributed by atoms with Crippen molar-refractivity contribution in [1.82, 2.24) is 9.62 Å². The van der Waals surface area contributed by atoms with Gasteiger partial charge in [0.15, 0.2) is 5.96 Å². The van der Waals surface area contributed by atoms with E-state index in [0.717, 1.165) is 13.1 Å². The lowest BCUT2D eigenvalue weighted by atomic mass is 10.4. The van der Waals surface area contributed by atoms with Gasteiger partial charge in [-0.15, -0.1) is 35.3 Å². The highest BCUT2D eigenvalue weighted by Gasteiger charge is 2.14. The normalized spacial score (nSPS) is 16.6. The van der Waals surface area contributed by atoms with E-state index in [1.54, 1.807) is 17.5 Å². The smallest absolute Gasteiger partial charge is 0.250 e. The number of nitrogens with zero attached hydrogens (tertiary/aromatic N) is 2. The van der Waals surface area contributed by atoms with Crippen molar-refractivity contribution in [2.45, 2.75) is 4.21 Å². The minimum atomic E-state index is -3.41. The zero-order valence-corrected chi connectivity index (χ0v) is 15.4. The van der Waals surface area contributed by atoms with Crippen molar-refractivity contribution in [2.24, 2.45) is 10.7 Å². The van der Waals surface area contributed by atoms with E-state index in [9.17, 15) is 8.42 Å². The summed E-state index contributed by atoms with van der Waals surface area (Å²) in [4.78, 5) is 6.10. The van der Waals surface area contributed by atoms with E-state index in [2.05, 4.69) is 9.71 Å². The van der Waals surface area contributed by atoms with E-state index in [1.807, 2.05) is 4.90 Å². The average molecular weight is 446 g/mol. The molecule has 120 valence electrons. The van der Waals surface area contributed by atoms with E-state index in [4.69, 9.17) is 10.5 Å². The maximum absolute atomic E-state index is 11.8. The van der Waals surface area contributed by atoms with Crippen LogP contribution in [0.5, 0.6) is 0 Å². The molecular weight excluding hydrogens is 427 g/mol. The zero-order chi connectivity index (χ0) is 14.4. The fourth-order valence-electron chi connectivity index (χ4n) is 1.73. The monoisotopic (exact) mass is 446 g/mol. The van der Waals surface area contributed by atoms with Gasteiger partial charge in [-0.1, -0.05) is 6.07 Å². The Balaban J connectivity index is 0.00000220. The number of nitrogens with one attached hydrogen (secondary N) is 1.